The summed E-state index contributed by atoms with van der Waals surface area (Å²) < 4.78 is 5.25. The molecule has 0 aromatic rings. The molecule has 0 aromatic heterocycles. The Bertz CT molecular complexity index is 173. The van der Waals surface area contributed by atoms with Gasteiger partial charge in [-0.15, -0.1) is 0 Å². The normalized spacial score (nSPS) is 23.2. The van der Waals surface area contributed by atoms with E-state index in [9.17, 15) is 4.79 Å². The highest BCUT2D eigenvalue weighted by molar-refractivity contribution is 5.76. The summed E-state index contributed by atoms with van der Waals surface area (Å²) in [6.07, 6.45) is 1.35. The Morgan fingerprint density at radius 1 is 1.69 bits per heavy atom. The van der Waals surface area contributed by atoms with Gasteiger partial charge in [0.2, 0.25) is 5.91 Å². The monoisotopic (exact) mass is 186 g/mol. The van der Waals surface area contributed by atoms with Gasteiger partial charge in [-0.2, -0.15) is 0 Å². The fourth-order valence-electron chi connectivity index (χ4n) is 1.49. The second-order valence-corrected chi connectivity index (χ2v) is 3.40. The van der Waals surface area contributed by atoms with Gasteiger partial charge in [-0.05, 0) is 19.9 Å². The molecule has 0 aromatic carbocycles. The maximum absolute atomic E-state index is 11.6. The van der Waals surface area contributed by atoms with Gasteiger partial charge in [-0.3, -0.25) is 4.79 Å². The van der Waals surface area contributed by atoms with Crippen LogP contribution in [-0.4, -0.2) is 43.2 Å². The molecule has 1 heterocycles. The largest absolute Gasteiger partial charge is 0.377 e. The van der Waals surface area contributed by atoms with Crippen molar-refractivity contribution in [3.05, 3.63) is 0 Å². The van der Waals surface area contributed by atoms with E-state index in [4.69, 9.17) is 10.5 Å². The summed E-state index contributed by atoms with van der Waals surface area (Å²) in [5, 5.41) is 0. The van der Waals surface area contributed by atoms with Crippen LogP contribution in [0.1, 0.15) is 19.8 Å². The molecular formula is C9H18N2O2. The molecule has 1 amide bonds. The number of hydrogen-bond donors (Lipinski definition) is 1. The molecule has 1 saturated heterocycles. The predicted molar refractivity (Wildman–Crippen MR) is 50.3 cm³/mol. The first-order valence-electron chi connectivity index (χ1n) is 4.83. The number of ether oxygens (including phenoxy) is 1. The number of carbonyl (C=O) groups is 1. The number of rotatable bonds is 3. The smallest absolute Gasteiger partial charge is 0.223 e. The number of amides is 1. The average molecular weight is 186 g/mol. The second-order valence-electron chi connectivity index (χ2n) is 3.40. The van der Waals surface area contributed by atoms with Gasteiger partial charge >= 0.3 is 0 Å². The third-order valence-corrected chi connectivity index (χ3v) is 2.28. The Balaban J connectivity index is 2.35. The zero-order valence-corrected chi connectivity index (χ0v) is 8.16. The number of carbonyl (C=O) groups excluding carboxylic acids is 1. The highest BCUT2D eigenvalue weighted by Gasteiger charge is 2.22. The zero-order chi connectivity index (χ0) is 9.68. The topological polar surface area (TPSA) is 55.6 Å². The lowest BCUT2D eigenvalue weighted by molar-refractivity contribution is -0.139. The van der Waals surface area contributed by atoms with Crippen LogP contribution in [0.25, 0.3) is 0 Å². The van der Waals surface area contributed by atoms with E-state index in [1.807, 2.05) is 11.8 Å². The number of morpholine rings is 1. The third kappa shape index (κ3) is 2.97. The van der Waals surface area contributed by atoms with Crippen molar-refractivity contribution in [1.82, 2.24) is 4.90 Å². The first kappa shape index (κ1) is 10.5. The standard InChI is InChI=1S/C9H18N2O2/c1-8-7-13-6-5-11(8)9(12)3-2-4-10/h8H,2-7,10H2,1H3. The van der Waals surface area contributed by atoms with E-state index >= 15 is 0 Å². The average Bonchev–Trinajstić information content (AvgIpc) is 2.15. The third-order valence-electron chi connectivity index (χ3n) is 2.28. The molecule has 76 valence electrons. The number of nitrogens with two attached hydrogens (primary N) is 1. The van der Waals surface area contributed by atoms with E-state index in [0.717, 1.165) is 13.0 Å². The minimum absolute atomic E-state index is 0.209. The Morgan fingerprint density at radius 2 is 2.46 bits per heavy atom. The molecule has 0 saturated carbocycles. The minimum Gasteiger partial charge on any atom is -0.377 e. The summed E-state index contributed by atoms with van der Waals surface area (Å²) in [4.78, 5) is 13.5. The first-order valence-corrected chi connectivity index (χ1v) is 4.83. The Kier molecular flexibility index (Phi) is 4.18. The van der Waals surface area contributed by atoms with Crippen molar-refractivity contribution in [2.24, 2.45) is 5.73 Å². The van der Waals surface area contributed by atoms with Gasteiger partial charge in [-0.25, -0.2) is 0 Å². The molecule has 1 rings (SSSR count). The van der Waals surface area contributed by atoms with Crippen molar-refractivity contribution in [3.8, 4) is 0 Å². The minimum atomic E-state index is 0.209. The van der Waals surface area contributed by atoms with E-state index in [1.165, 1.54) is 0 Å². The highest BCUT2D eigenvalue weighted by atomic mass is 16.5. The summed E-state index contributed by atoms with van der Waals surface area (Å²) in [5.41, 5.74) is 5.35. The summed E-state index contributed by atoms with van der Waals surface area (Å²) in [7, 11) is 0. The van der Waals surface area contributed by atoms with Crippen LogP contribution in [0.2, 0.25) is 0 Å². The van der Waals surface area contributed by atoms with E-state index in [0.29, 0.717) is 26.2 Å². The number of hydrogen-bond acceptors (Lipinski definition) is 3. The molecule has 1 unspecified atom stereocenters. The van der Waals surface area contributed by atoms with Gasteiger partial charge in [0.25, 0.3) is 0 Å². The van der Waals surface area contributed by atoms with Crippen molar-refractivity contribution >= 4 is 5.91 Å². The summed E-state index contributed by atoms with van der Waals surface area (Å²) in [6.45, 7) is 4.65. The van der Waals surface area contributed by atoms with Crippen LogP contribution in [0.15, 0.2) is 0 Å². The van der Waals surface area contributed by atoms with Crippen molar-refractivity contribution < 1.29 is 9.53 Å². The second kappa shape index (κ2) is 5.19. The van der Waals surface area contributed by atoms with Crippen LogP contribution >= 0.6 is 0 Å². The van der Waals surface area contributed by atoms with Gasteiger partial charge in [-0.1, -0.05) is 0 Å². The highest BCUT2D eigenvalue weighted by Crippen LogP contribution is 2.08. The van der Waals surface area contributed by atoms with Crippen molar-refractivity contribution in [3.63, 3.8) is 0 Å². The first-order chi connectivity index (χ1) is 6.25. The van der Waals surface area contributed by atoms with Gasteiger partial charge in [0.1, 0.15) is 0 Å². The van der Waals surface area contributed by atoms with Crippen LogP contribution in [0.4, 0.5) is 0 Å². The molecule has 1 fully saturated rings. The molecule has 0 radical (unpaired) electrons. The fourth-order valence-corrected chi connectivity index (χ4v) is 1.49. The molecule has 1 atom stereocenters. The van der Waals surface area contributed by atoms with Gasteiger partial charge in [0, 0.05) is 13.0 Å². The Hall–Kier alpha value is -0.610. The molecule has 0 spiro atoms. The molecule has 0 bridgehead atoms. The number of nitrogens with zero attached hydrogens (tertiary/aromatic N) is 1. The molecule has 13 heavy (non-hydrogen) atoms. The van der Waals surface area contributed by atoms with Gasteiger partial charge < -0.3 is 15.4 Å². The summed E-state index contributed by atoms with van der Waals surface area (Å²) in [5.74, 6) is 0.209. The van der Waals surface area contributed by atoms with Gasteiger partial charge in [0.15, 0.2) is 0 Å². The lowest BCUT2D eigenvalue weighted by Crippen LogP contribution is -2.47. The lowest BCUT2D eigenvalue weighted by atomic mass is 10.2. The van der Waals surface area contributed by atoms with Crippen LogP contribution in [0.3, 0.4) is 0 Å². The maximum Gasteiger partial charge on any atom is 0.223 e. The molecule has 4 nitrogen and oxygen atoms in total. The summed E-state index contributed by atoms with van der Waals surface area (Å²) in [6, 6.07) is 0.221. The fraction of sp³-hybridized carbons (Fsp3) is 0.889. The van der Waals surface area contributed by atoms with E-state index < -0.39 is 0 Å². The van der Waals surface area contributed by atoms with E-state index in [1.54, 1.807) is 0 Å². The summed E-state index contributed by atoms with van der Waals surface area (Å²) >= 11 is 0. The van der Waals surface area contributed by atoms with E-state index in [-0.39, 0.29) is 11.9 Å². The molecule has 2 N–H and O–H groups in total. The molecule has 4 heteroatoms. The molecule has 0 aliphatic carbocycles. The van der Waals surface area contributed by atoms with Crippen LogP contribution in [0, 0.1) is 0 Å². The Labute approximate surface area is 79.0 Å². The quantitative estimate of drug-likeness (QED) is 0.673. The van der Waals surface area contributed by atoms with Crippen molar-refractivity contribution in [1.29, 1.82) is 0 Å². The van der Waals surface area contributed by atoms with Crippen molar-refractivity contribution in [2.45, 2.75) is 25.8 Å². The lowest BCUT2D eigenvalue weighted by Gasteiger charge is -2.33. The Morgan fingerprint density at radius 3 is 3.08 bits per heavy atom. The predicted octanol–water partition coefficient (Wildman–Crippen LogP) is -0.0274. The molecule has 1 aliphatic rings. The molecule has 1 aliphatic heterocycles. The van der Waals surface area contributed by atoms with Crippen LogP contribution in [0.5, 0.6) is 0 Å². The van der Waals surface area contributed by atoms with Crippen LogP contribution < -0.4 is 5.73 Å². The zero-order valence-electron chi connectivity index (χ0n) is 8.16. The van der Waals surface area contributed by atoms with Gasteiger partial charge in [0.05, 0.1) is 19.3 Å². The van der Waals surface area contributed by atoms with Crippen molar-refractivity contribution in [2.75, 3.05) is 26.3 Å². The molecular weight excluding hydrogens is 168 g/mol. The maximum atomic E-state index is 11.6. The SMILES string of the molecule is CC1COCCN1C(=O)CCCN. The van der Waals surface area contributed by atoms with Crippen LogP contribution in [-0.2, 0) is 9.53 Å². The van der Waals surface area contributed by atoms with E-state index in [2.05, 4.69) is 0 Å².